The van der Waals surface area contributed by atoms with Gasteiger partial charge in [-0.3, -0.25) is 0 Å². The van der Waals surface area contributed by atoms with Crippen molar-refractivity contribution in [2.24, 2.45) is 0 Å². The van der Waals surface area contributed by atoms with Crippen molar-refractivity contribution in [1.82, 2.24) is 4.98 Å². The first-order valence-corrected chi connectivity index (χ1v) is 9.11. The van der Waals surface area contributed by atoms with E-state index in [0.717, 1.165) is 55.9 Å². The van der Waals surface area contributed by atoms with Crippen LogP contribution < -0.4 is 4.90 Å². The van der Waals surface area contributed by atoms with Crippen molar-refractivity contribution < 1.29 is 9.47 Å². The summed E-state index contributed by atoms with van der Waals surface area (Å²) in [7, 11) is 0. The molecule has 1 atom stereocenters. The van der Waals surface area contributed by atoms with Gasteiger partial charge in [-0.25, -0.2) is 4.98 Å². The molecule has 2 aliphatic heterocycles. The average molecular weight is 377 g/mol. The third kappa shape index (κ3) is 3.37. The largest absolute Gasteiger partial charge is 0.379 e. The summed E-state index contributed by atoms with van der Waals surface area (Å²) in [5.41, 5.74) is 0. The van der Waals surface area contributed by atoms with Crippen molar-refractivity contribution >= 4 is 32.5 Å². The predicted molar refractivity (Wildman–Crippen MR) is 95.0 cm³/mol. The fourth-order valence-electron chi connectivity index (χ4n) is 3.47. The van der Waals surface area contributed by atoms with Gasteiger partial charge < -0.3 is 14.4 Å². The zero-order chi connectivity index (χ0) is 15.6. The molecular weight excluding hydrogens is 356 g/mol. The van der Waals surface area contributed by atoms with Gasteiger partial charge in [0.25, 0.3) is 0 Å². The molecule has 2 saturated heterocycles. The summed E-state index contributed by atoms with van der Waals surface area (Å²) >= 11 is 3.57. The van der Waals surface area contributed by atoms with Gasteiger partial charge in [-0.2, -0.15) is 0 Å². The van der Waals surface area contributed by atoms with Crippen LogP contribution in [0.4, 0.5) is 5.82 Å². The zero-order valence-electron chi connectivity index (χ0n) is 13.1. The summed E-state index contributed by atoms with van der Waals surface area (Å²) in [6.45, 7) is 3.60. The topological polar surface area (TPSA) is 34.6 Å². The van der Waals surface area contributed by atoms with Crippen molar-refractivity contribution in [3.05, 3.63) is 34.9 Å². The van der Waals surface area contributed by atoms with E-state index in [0.29, 0.717) is 12.2 Å². The monoisotopic (exact) mass is 376 g/mol. The Morgan fingerprint density at radius 3 is 2.78 bits per heavy atom. The van der Waals surface area contributed by atoms with Gasteiger partial charge >= 0.3 is 0 Å². The molecule has 0 aliphatic carbocycles. The second-order valence-electron chi connectivity index (χ2n) is 6.31. The molecule has 1 aromatic heterocycles. The molecule has 0 saturated carbocycles. The molecule has 0 N–H and O–H groups in total. The number of nitrogens with zero attached hydrogens (tertiary/aromatic N) is 2. The summed E-state index contributed by atoms with van der Waals surface area (Å²) in [5, 5.41) is 2.45. The molecule has 3 heterocycles. The number of halogens is 1. The molecule has 2 aliphatic rings. The highest BCUT2D eigenvalue weighted by molar-refractivity contribution is 9.10. The van der Waals surface area contributed by atoms with Crippen molar-refractivity contribution in [3.63, 3.8) is 0 Å². The van der Waals surface area contributed by atoms with E-state index in [1.165, 1.54) is 10.8 Å². The predicted octanol–water partition coefficient (Wildman–Crippen LogP) is 3.77. The standard InChI is InChI=1S/C18H21BrN2O2/c19-14-2-1-13-3-7-20-18(17(13)11-14)21-8-4-15(5-9-21)23-16-6-10-22-12-16/h1-3,7,11,15-16H,4-6,8-10,12H2. The lowest BCUT2D eigenvalue weighted by Gasteiger charge is -2.34. The second-order valence-corrected chi connectivity index (χ2v) is 7.22. The van der Waals surface area contributed by atoms with E-state index in [9.17, 15) is 0 Å². The van der Waals surface area contributed by atoms with Crippen LogP contribution in [0.1, 0.15) is 19.3 Å². The van der Waals surface area contributed by atoms with E-state index in [1.54, 1.807) is 0 Å². The Morgan fingerprint density at radius 2 is 2.00 bits per heavy atom. The van der Waals surface area contributed by atoms with Gasteiger partial charge in [-0.05, 0) is 42.8 Å². The maximum atomic E-state index is 6.16. The molecule has 0 bridgehead atoms. The smallest absolute Gasteiger partial charge is 0.136 e. The zero-order valence-corrected chi connectivity index (χ0v) is 14.7. The normalized spacial score (nSPS) is 22.8. The van der Waals surface area contributed by atoms with E-state index >= 15 is 0 Å². The Morgan fingerprint density at radius 1 is 1.13 bits per heavy atom. The Kier molecular flexibility index (Phi) is 4.51. The lowest BCUT2D eigenvalue weighted by Crippen LogP contribution is -2.39. The van der Waals surface area contributed by atoms with Crippen LogP contribution in [0.2, 0.25) is 0 Å². The van der Waals surface area contributed by atoms with E-state index < -0.39 is 0 Å². The number of aromatic nitrogens is 1. The molecule has 2 fully saturated rings. The third-order valence-electron chi connectivity index (χ3n) is 4.72. The SMILES string of the molecule is Brc1ccc2ccnc(N3CCC(OC4CCOC4)CC3)c2c1. The molecule has 0 amide bonds. The number of rotatable bonds is 3. The summed E-state index contributed by atoms with van der Waals surface area (Å²) in [6.07, 6.45) is 5.73. The summed E-state index contributed by atoms with van der Waals surface area (Å²) in [5.74, 6) is 1.09. The Hall–Kier alpha value is -1.17. The van der Waals surface area contributed by atoms with Gasteiger partial charge in [0.1, 0.15) is 5.82 Å². The summed E-state index contributed by atoms with van der Waals surface area (Å²) in [6, 6.07) is 8.45. The minimum absolute atomic E-state index is 0.304. The van der Waals surface area contributed by atoms with Crippen LogP contribution in [-0.2, 0) is 9.47 Å². The van der Waals surface area contributed by atoms with Crippen molar-refractivity contribution in [1.29, 1.82) is 0 Å². The number of fused-ring (bicyclic) bond motifs is 1. The minimum Gasteiger partial charge on any atom is -0.379 e. The lowest BCUT2D eigenvalue weighted by molar-refractivity contribution is -0.0261. The first kappa shape index (κ1) is 15.4. The van der Waals surface area contributed by atoms with E-state index in [1.807, 2.05) is 6.20 Å². The van der Waals surface area contributed by atoms with Crippen LogP contribution >= 0.6 is 15.9 Å². The van der Waals surface area contributed by atoms with E-state index in [4.69, 9.17) is 9.47 Å². The van der Waals surface area contributed by atoms with Gasteiger partial charge in [-0.1, -0.05) is 22.0 Å². The highest BCUT2D eigenvalue weighted by Gasteiger charge is 2.26. The quantitative estimate of drug-likeness (QED) is 0.816. The van der Waals surface area contributed by atoms with E-state index in [2.05, 4.69) is 50.1 Å². The van der Waals surface area contributed by atoms with Gasteiger partial charge in [-0.15, -0.1) is 0 Å². The molecule has 4 nitrogen and oxygen atoms in total. The van der Waals surface area contributed by atoms with Crippen LogP contribution in [0, 0.1) is 0 Å². The van der Waals surface area contributed by atoms with Gasteiger partial charge in [0.2, 0.25) is 0 Å². The number of anilines is 1. The van der Waals surface area contributed by atoms with Gasteiger partial charge in [0, 0.05) is 35.8 Å². The first-order chi connectivity index (χ1) is 11.3. The number of hydrogen-bond donors (Lipinski definition) is 0. The molecule has 1 unspecified atom stereocenters. The highest BCUT2D eigenvalue weighted by atomic mass is 79.9. The van der Waals surface area contributed by atoms with Crippen LogP contribution in [0.25, 0.3) is 10.8 Å². The van der Waals surface area contributed by atoms with Crippen LogP contribution in [0.15, 0.2) is 34.9 Å². The highest BCUT2D eigenvalue weighted by Crippen LogP contribution is 2.30. The molecule has 0 radical (unpaired) electrons. The Balaban J connectivity index is 1.47. The molecule has 2 aromatic rings. The number of piperidine rings is 1. The van der Waals surface area contributed by atoms with Crippen molar-refractivity contribution in [2.45, 2.75) is 31.5 Å². The molecule has 23 heavy (non-hydrogen) atoms. The molecule has 1 aromatic carbocycles. The number of pyridine rings is 1. The molecule has 0 spiro atoms. The molecule has 4 rings (SSSR count). The van der Waals surface area contributed by atoms with E-state index in [-0.39, 0.29) is 0 Å². The van der Waals surface area contributed by atoms with Gasteiger partial charge in [0.05, 0.1) is 18.8 Å². The third-order valence-corrected chi connectivity index (χ3v) is 5.21. The molecular formula is C18H21BrN2O2. The van der Waals surface area contributed by atoms with Crippen LogP contribution in [-0.4, -0.2) is 43.5 Å². The summed E-state index contributed by atoms with van der Waals surface area (Å²) < 4.78 is 12.7. The first-order valence-electron chi connectivity index (χ1n) is 8.32. The maximum absolute atomic E-state index is 6.16. The molecule has 122 valence electrons. The second kappa shape index (κ2) is 6.75. The number of ether oxygens (including phenoxy) is 2. The lowest BCUT2D eigenvalue weighted by atomic mass is 10.1. The number of benzene rings is 1. The summed E-state index contributed by atoms with van der Waals surface area (Å²) in [4.78, 5) is 7.03. The van der Waals surface area contributed by atoms with Crippen LogP contribution in [0.3, 0.4) is 0 Å². The minimum atomic E-state index is 0.304. The van der Waals surface area contributed by atoms with Crippen molar-refractivity contribution in [3.8, 4) is 0 Å². The average Bonchev–Trinajstić information content (AvgIpc) is 3.08. The fraction of sp³-hybridized carbons (Fsp3) is 0.500. The molecule has 5 heteroatoms. The van der Waals surface area contributed by atoms with Crippen molar-refractivity contribution in [2.75, 3.05) is 31.2 Å². The maximum Gasteiger partial charge on any atom is 0.136 e. The fourth-order valence-corrected chi connectivity index (χ4v) is 3.83. The number of hydrogen-bond acceptors (Lipinski definition) is 4. The Bertz CT molecular complexity index is 680. The van der Waals surface area contributed by atoms with Gasteiger partial charge in [0.15, 0.2) is 0 Å². The Labute approximate surface area is 144 Å². The van der Waals surface area contributed by atoms with Crippen LogP contribution in [0.5, 0.6) is 0 Å².